The van der Waals surface area contributed by atoms with Crippen molar-refractivity contribution in [2.24, 2.45) is 0 Å². The molecule has 4 N–H and O–H groups in total. The highest BCUT2D eigenvalue weighted by Crippen LogP contribution is 2.13. The van der Waals surface area contributed by atoms with E-state index in [2.05, 4.69) is 20.6 Å². The van der Waals surface area contributed by atoms with Gasteiger partial charge in [0.1, 0.15) is 5.69 Å². The van der Waals surface area contributed by atoms with Crippen LogP contribution in [0.5, 0.6) is 0 Å². The molecule has 0 aliphatic heterocycles. The maximum atomic E-state index is 10.0. The van der Waals surface area contributed by atoms with Gasteiger partial charge in [-0.05, 0) is 0 Å². The van der Waals surface area contributed by atoms with Crippen molar-refractivity contribution in [3.05, 3.63) is 6.20 Å². The highest BCUT2D eigenvalue weighted by molar-refractivity contribution is 5.77. The molecule has 0 unspecified atom stereocenters. The number of hydrogen-bond acceptors (Lipinski definition) is 5. The first-order chi connectivity index (χ1) is 5.77. The maximum absolute atomic E-state index is 10.0. The molecule has 1 heterocycles. The van der Waals surface area contributed by atoms with E-state index in [9.17, 15) is 4.79 Å². The molecule has 1 aromatic heterocycles. The van der Waals surface area contributed by atoms with Gasteiger partial charge in [-0.15, -0.1) is 0 Å². The van der Waals surface area contributed by atoms with Crippen molar-refractivity contribution >= 4 is 23.9 Å². The smallest absolute Gasteiger partial charge is 0.224 e. The van der Waals surface area contributed by atoms with Crippen LogP contribution in [0.4, 0.5) is 17.5 Å². The predicted molar refractivity (Wildman–Crippen MR) is 45.7 cm³/mol. The number of nitrogen functional groups attached to an aromatic ring is 1. The Morgan fingerprint density at radius 2 is 2.42 bits per heavy atom. The van der Waals surface area contributed by atoms with Crippen molar-refractivity contribution in [1.82, 2.24) is 9.97 Å². The lowest BCUT2D eigenvalue weighted by atomic mass is 10.5. The van der Waals surface area contributed by atoms with Gasteiger partial charge in [0.05, 0.1) is 6.20 Å². The Kier molecular flexibility index (Phi) is 2.42. The third-order valence-electron chi connectivity index (χ3n) is 1.26. The molecule has 12 heavy (non-hydrogen) atoms. The summed E-state index contributed by atoms with van der Waals surface area (Å²) in [5.74, 6) is 0.658. The number of nitrogens with two attached hydrogens (primary N) is 1. The molecule has 0 radical (unpaired) electrons. The van der Waals surface area contributed by atoms with E-state index in [1.807, 2.05) is 0 Å². The van der Waals surface area contributed by atoms with Crippen LogP contribution in [0, 0.1) is 0 Å². The van der Waals surface area contributed by atoms with Crippen LogP contribution in [0.15, 0.2) is 6.20 Å². The Morgan fingerprint density at radius 3 is 2.92 bits per heavy atom. The molecule has 0 aromatic carbocycles. The zero-order valence-electron chi connectivity index (χ0n) is 6.53. The van der Waals surface area contributed by atoms with E-state index >= 15 is 0 Å². The standard InChI is InChI=1S/C6H9N5O/c1-8-6-9-2-4(10-3-12)5(7)11-6/h2-3H,1H3,(H,10,12)(H3,7,8,9,11). The molecule has 6 heteroatoms. The number of aromatic nitrogens is 2. The summed E-state index contributed by atoms with van der Waals surface area (Å²) in [6, 6.07) is 0. The van der Waals surface area contributed by atoms with E-state index in [1.54, 1.807) is 7.05 Å². The molecule has 0 spiro atoms. The average Bonchev–Trinajstić information content (AvgIpc) is 2.09. The molecule has 1 amide bonds. The number of hydrogen-bond donors (Lipinski definition) is 3. The van der Waals surface area contributed by atoms with E-state index < -0.39 is 0 Å². The maximum Gasteiger partial charge on any atom is 0.224 e. The van der Waals surface area contributed by atoms with Gasteiger partial charge in [0.25, 0.3) is 0 Å². The third-order valence-corrected chi connectivity index (χ3v) is 1.26. The topological polar surface area (TPSA) is 92.9 Å². The number of carbonyl (C=O) groups excluding carboxylic acids is 1. The normalized spacial score (nSPS) is 9.08. The van der Waals surface area contributed by atoms with Crippen molar-refractivity contribution < 1.29 is 4.79 Å². The number of anilines is 3. The van der Waals surface area contributed by atoms with Crippen molar-refractivity contribution in [3.8, 4) is 0 Å². The van der Waals surface area contributed by atoms with Crippen molar-refractivity contribution in [1.29, 1.82) is 0 Å². The highest BCUT2D eigenvalue weighted by Gasteiger charge is 2.00. The quantitative estimate of drug-likeness (QED) is 0.536. The van der Waals surface area contributed by atoms with Gasteiger partial charge in [-0.3, -0.25) is 4.79 Å². The fourth-order valence-corrected chi connectivity index (χ4v) is 0.690. The average molecular weight is 167 g/mol. The minimum Gasteiger partial charge on any atom is -0.382 e. The minimum absolute atomic E-state index is 0.237. The van der Waals surface area contributed by atoms with Crippen molar-refractivity contribution in [2.45, 2.75) is 0 Å². The fraction of sp³-hybridized carbons (Fsp3) is 0.167. The molecule has 64 valence electrons. The van der Waals surface area contributed by atoms with Crippen LogP contribution in [0.1, 0.15) is 0 Å². The molecule has 0 atom stereocenters. The Labute approximate surface area is 69.2 Å². The monoisotopic (exact) mass is 167 g/mol. The lowest BCUT2D eigenvalue weighted by Gasteiger charge is -2.03. The summed E-state index contributed by atoms with van der Waals surface area (Å²) in [5, 5.41) is 5.09. The molecule has 0 saturated carbocycles. The van der Waals surface area contributed by atoms with E-state index in [0.29, 0.717) is 18.0 Å². The molecule has 0 bridgehead atoms. The minimum atomic E-state index is 0.237. The molecule has 0 saturated heterocycles. The van der Waals surface area contributed by atoms with E-state index in [0.717, 1.165) is 0 Å². The van der Waals surface area contributed by atoms with Crippen LogP contribution < -0.4 is 16.4 Å². The lowest BCUT2D eigenvalue weighted by molar-refractivity contribution is -0.105. The zero-order chi connectivity index (χ0) is 8.97. The van der Waals surface area contributed by atoms with Crippen LogP contribution in [-0.4, -0.2) is 23.4 Å². The summed E-state index contributed by atoms with van der Waals surface area (Å²) < 4.78 is 0. The number of rotatable bonds is 3. The van der Waals surface area contributed by atoms with Gasteiger partial charge in [0.2, 0.25) is 12.4 Å². The Hall–Kier alpha value is -1.85. The van der Waals surface area contributed by atoms with Gasteiger partial charge in [-0.25, -0.2) is 4.98 Å². The zero-order valence-corrected chi connectivity index (χ0v) is 6.53. The van der Waals surface area contributed by atoms with Gasteiger partial charge >= 0.3 is 0 Å². The number of nitrogens with one attached hydrogen (secondary N) is 2. The number of amides is 1. The molecule has 0 aliphatic rings. The van der Waals surface area contributed by atoms with Crippen LogP contribution in [0.25, 0.3) is 0 Å². The Morgan fingerprint density at radius 1 is 1.67 bits per heavy atom. The number of nitrogens with zero attached hydrogens (tertiary/aromatic N) is 2. The first kappa shape index (κ1) is 8.25. The van der Waals surface area contributed by atoms with Gasteiger partial charge in [-0.2, -0.15) is 4.98 Å². The molecular weight excluding hydrogens is 158 g/mol. The summed E-state index contributed by atoms with van der Waals surface area (Å²) in [7, 11) is 1.68. The third kappa shape index (κ3) is 1.60. The molecule has 1 rings (SSSR count). The molecular formula is C6H9N5O. The Bertz CT molecular complexity index is 287. The van der Waals surface area contributed by atoms with Crippen molar-refractivity contribution in [3.63, 3.8) is 0 Å². The SMILES string of the molecule is CNc1ncc(NC=O)c(N)n1. The summed E-state index contributed by atoms with van der Waals surface area (Å²) in [4.78, 5) is 17.7. The first-order valence-electron chi connectivity index (χ1n) is 3.28. The van der Waals surface area contributed by atoms with Gasteiger partial charge in [-0.1, -0.05) is 0 Å². The fourth-order valence-electron chi connectivity index (χ4n) is 0.690. The lowest BCUT2D eigenvalue weighted by Crippen LogP contribution is -2.05. The van der Waals surface area contributed by atoms with Gasteiger partial charge < -0.3 is 16.4 Å². The van der Waals surface area contributed by atoms with Crippen LogP contribution in [0.2, 0.25) is 0 Å². The summed E-state index contributed by atoms with van der Waals surface area (Å²) >= 11 is 0. The number of carbonyl (C=O) groups is 1. The Balaban J connectivity index is 2.94. The van der Waals surface area contributed by atoms with Crippen molar-refractivity contribution in [2.75, 3.05) is 23.4 Å². The first-order valence-corrected chi connectivity index (χ1v) is 3.28. The van der Waals surface area contributed by atoms with Crippen LogP contribution in [-0.2, 0) is 4.79 Å². The second kappa shape index (κ2) is 3.51. The van der Waals surface area contributed by atoms with E-state index in [-0.39, 0.29) is 5.82 Å². The molecule has 1 aromatic rings. The highest BCUT2D eigenvalue weighted by atomic mass is 16.1. The van der Waals surface area contributed by atoms with E-state index in [1.165, 1.54) is 6.20 Å². The van der Waals surface area contributed by atoms with Gasteiger partial charge in [0.15, 0.2) is 5.82 Å². The largest absolute Gasteiger partial charge is 0.382 e. The van der Waals surface area contributed by atoms with Crippen LogP contribution in [0.3, 0.4) is 0 Å². The van der Waals surface area contributed by atoms with E-state index in [4.69, 9.17) is 5.73 Å². The molecule has 6 nitrogen and oxygen atoms in total. The van der Waals surface area contributed by atoms with Crippen LogP contribution >= 0.6 is 0 Å². The predicted octanol–water partition coefficient (Wildman–Crippen LogP) is -0.331. The second-order valence-corrected chi connectivity index (χ2v) is 2.00. The molecule has 0 fully saturated rings. The summed E-state index contributed by atoms with van der Waals surface area (Å²) in [6.45, 7) is 0. The molecule has 0 aliphatic carbocycles. The second-order valence-electron chi connectivity index (χ2n) is 2.00. The summed E-state index contributed by atoms with van der Waals surface area (Å²) in [6.07, 6.45) is 1.96. The van der Waals surface area contributed by atoms with Gasteiger partial charge in [0, 0.05) is 7.05 Å². The summed E-state index contributed by atoms with van der Waals surface area (Å²) in [5.41, 5.74) is 5.88.